The van der Waals surface area contributed by atoms with Crippen LogP contribution in [0.3, 0.4) is 0 Å². The SMILES string of the molecule is COc1ccc(-c2nc(C)c(C(=O)O)s2)c(OCc2ccccc2F)c1. The molecule has 0 aliphatic carbocycles. The summed E-state index contributed by atoms with van der Waals surface area (Å²) in [5, 5.41) is 9.76. The first-order valence-electron chi connectivity index (χ1n) is 7.75. The molecule has 7 heteroatoms. The van der Waals surface area contributed by atoms with Crippen LogP contribution in [0.4, 0.5) is 4.39 Å². The van der Waals surface area contributed by atoms with Crippen molar-refractivity contribution in [2.45, 2.75) is 13.5 Å². The Balaban J connectivity index is 1.97. The molecule has 0 amide bonds. The molecular weight excluding hydrogens is 357 g/mol. The summed E-state index contributed by atoms with van der Waals surface area (Å²) in [7, 11) is 1.53. The number of ether oxygens (including phenoxy) is 2. The normalized spacial score (nSPS) is 10.6. The molecule has 0 aliphatic heterocycles. The molecule has 0 spiro atoms. The second-order valence-corrected chi connectivity index (χ2v) is 6.48. The summed E-state index contributed by atoms with van der Waals surface area (Å²) in [6, 6.07) is 11.5. The maximum Gasteiger partial charge on any atom is 0.347 e. The number of benzene rings is 2. The molecule has 0 radical (unpaired) electrons. The first-order chi connectivity index (χ1) is 12.5. The average Bonchev–Trinajstić information content (AvgIpc) is 3.02. The van der Waals surface area contributed by atoms with E-state index >= 15 is 0 Å². The molecule has 134 valence electrons. The van der Waals surface area contributed by atoms with E-state index in [-0.39, 0.29) is 17.3 Å². The number of carbonyl (C=O) groups is 1. The van der Waals surface area contributed by atoms with E-state index < -0.39 is 5.97 Å². The van der Waals surface area contributed by atoms with Crippen LogP contribution in [0.15, 0.2) is 42.5 Å². The maximum absolute atomic E-state index is 13.8. The van der Waals surface area contributed by atoms with Crippen LogP contribution in [0.1, 0.15) is 20.9 Å². The Kier molecular flexibility index (Phi) is 5.18. The fourth-order valence-corrected chi connectivity index (χ4v) is 3.34. The van der Waals surface area contributed by atoms with E-state index in [9.17, 15) is 14.3 Å². The molecule has 0 fully saturated rings. The predicted molar refractivity (Wildman–Crippen MR) is 96.5 cm³/mol. The predicted octanol–water partition coefficient (Wildman–Crippen LogP) is 4.54. The summed E-state index contributed by atoms with van der Waals surface area (Å²) in [6.45, 7) is 1.68. The number of aromatic nitrogens is 1. The topological polar surface area (TPSA) is 68.7 Å². The zero-order valence-electron chi connectivity index (χ0n) is 14.2. The number of aromatic carboxylic acids is 1. The van der Waals surface area contributed by atoms with Crippen LogP contribution in [-0.4, -0.2) is 23.2 Å². The Labute approximate surface area is 153 Å². The Hall–Kier alpha value is -2.93. The molecular formula is C19H16FNO4S. The van der Waals surface area contributed by atoms with Crippen LogP contribution < -0.4 is 9.47 Å². The van der Waals surface area contributed by atoms with Crippen molar-refractivity contribution in [2.75, 3.05) is 7.11 Å². The minimum absolute atomic E-state index is 0.0307. The van der Waals surface area contributed by atoms with E-state index in [2.05, 4.69) is 4.98 Å². The lowest BCUT2D eigenvalue weighted by atomic mass is 10.2. The van der Waals surface area contributed by atoms with E-state index in [0.29, 0.717) is 33.3 Å². The summed E-state index contributed by atoms with van der Waals surface area (Å²) in [5.41, 5.74) is 1.49. The number of halogens is 1. The van der Waals surface area contributed by atoms with Crippen molar-refractivity contribution >= 4 is 17.3 Å². The van der Waals surface area contributed by atoms with Crippen LogP contribution in [0.5, 0.6) is 11.5 Å². The summed E-state index contributed by atoms with van der Waals surface area (Å²) < 4.78 is 24.9. The largest absolute Gasteiger partial charge is 0.497 e. The van der Waals surface area contributed by atoms with Gasteiger partial charge in [-0.05, 0) is 25.1 Å². The molecule has 0 atom stereocenters. The zero-order chi connectivity index (χ0) is 18.7. The monoisotopic (exact) mass is 373 g/mol. The highest BCUT2D eigenvalue weighted by Crippen LogP contribution is 2.37. The van der Waals surface area contributed by atoms with Gasteiger partial charge in [0.15, 0.2) is 0 Å². The van der Waals surface area contributed by atoms with Crippen LogP contribution >= 0.6 is 11.3 Å². The van der Waals surface area contributed by atoms with E-state index in [1.54, 1.807) is 43.3 Å². The second-order valence-electron chi connectivity index (χ2n) is 5.48. The average molecular weight is 373 g/mol. The molecule has 1 N–H and O–H groups in total. The Morgan fingerprint density at radius 2 is 2.04 bits per heavy atom. The van der Waals surface area contributed by atoms with Crippen molar-refractivity contribution in [3.05, 3.63) is 64.4 Å². The van der Waals surface area contributed by atoms with Gasteiger partial charge < -0.3 is 14.6 Å². The highest BCUT2D eigenvalue weighted by molar-refractivity contribution is 7.17. The lowest BCUT2D eigenvalue weighted by molar-refractivity contribution is 0.0701. The number of carboxylic acid groups (broad SMARTS) is 1. The zero-order valence-corrected chi connectivity index (χ0v) is 15.0. The molecule has 0 unspecified atom stereocenters. The van der Waals surface area contributed by atoms with Crippen LogP contribution in [0.2, 0.25) is 0 Å². The molecule has 1 heterocycles. The van der Waals surface area contributed by atoms with Crippen molar-refractivity contribution in [1.82, 2.24) is 4.98 Å². The Morgan fingerprint density at radius 1 is 1.27 bits per heavy atom. The number of rotatable bonds is 6. The van der Waals surface area contributed by atoms with Crippen molar-refractivity contribution < 1.29 is 23.8 Å². The number of thiazole rings is 1. The highest BCUT2D eigenvalue weighted by Gasteiger charge is 2.18. The molecule has 0 aliphatic rings. The van der Waals surface area contributed by atoms with Gasteiger partial charge in [-0.2, -0.15) is 0 Å². The third kappa shape index (κ3) is 3.67. The number of hydrogen-bond donors (Lipinski definition) is 1. The molecule has 3 rings (SSSR count). The number of hydrogen-bond acceptors (Lipinski definition) is 5. The van der Waals surface area contributed by atoms with E-state index in [1.165, 1.54) is 13.2 Å². The molecule has 1 aromatic heterocycles. The van der Waals surface area contributed by atoms with Gasteiger partial charge in [-0.1, -0.05) is 18.2 Å². The van der Waals surface area contributed by atoms with Crippen molar-refractivity contribution in [2.24, 2.45) is 0 Å². The summed E-state index contributed by atoms with van der Waals surface area (Å²) in [5.74, 6) is -0.355. The highest BCUT2D eigenvalue weighted by atomic mass is 32.1. The van der Waals surface area contributed by atoms with Gasteiger partial charge in [0, 0.05) is 11.6 Å². The third-order valence-corrected chi connectivity index (χ3v) is 4.93. The lowest BCUT2D eigenvalue weighted by Crippen LogP contribution is -2.00. The standard InChI is InChI=1S/C19H16FNO4S/c1-11-17(19(22)23)26-18(21-11)14-8-7-13(24-2)9-16(14)25-10-12-5-3-4-6-15(12)20/h3-9H,10H2,1-2H3,(H,22,23). The Morgan fingerprint density at radius 3 is 2.69 bits per heavy atom. The van der Waals surface area contributed by atoms with Gasteiger partial charge in [-0.25, -0.2) is 14.2 Å². The molecule has 0 saturated carbocycles. The quantitative estimate of drug-likeness (QED) is 0.687. The molecule has 26 heavy (non-hydrogen) atoms. The second kappa shape index (κ2) is 7.53. The van der Waals surface area contributed by atoms with Gasteiger partial charge >= 0.3 is 5.97 Å². The summed E-state index contributed by atoms with van der Waals surface area (Å²) in [6.07, 6.45) is 0. The minimum atomic E-state index is -1.02. The number of nitrogens with zero attached hydrogens (tertiary/aromatic N) is 1. The van der Waals surface area contributed by atoms with E-state index in [4.69, 9.17) is 9.47 Å². The van der Waals surface area contributed by atoms with Crippen LogP contribution in [0.25, 0.3) is 10.6 Å². The third-order valence-electron chi connectivity index (χ3n) is 3.75. The van der Waals surface area contributed by atoms with Crippen molar-refractivity contribution in [1.29, 1.82) is 0 Å². The summed E-state index contributed by atoms with van der Waals surface area (Å²) >= 11 is 1.07. The van der Waals surface area contributed by atoms with Gasteiger partial charge in [0.1, 0.15) is 33.8 Å². The van der Waals surface area contributed by atoms with Crippen molar-refractivity contribution in [3.63, 3.8) is 0 Å². The molecule has 0 saturated heterocycles. The Bertz CT molecular complexity index is 954. The molecule has 3 aromatic rings. The molecule has 0 bridgehead atoms. The fraction of sp³-hybridized carbons (Fsp3) is 0.158. The van der Waals surface area contributed by atoms with Crippen molar-refractivity contribution in [3.8, 4) is 22.1 Å². The van der Waals surface area contributed by atoms with Gasteiger partial charge in [0.25, 0.3) is 0 Å². The number of aryl methyl sites for hydroxylation is 1. The molecule has 5 nitrogen and oxygen atoms in total. The number of carboxylic acids is 1. The van der Waals surface area contributed by atoms with E-state index in [1.807, 2.05) is 0 Å². The van der Waals surface area contributed by atoms with Gasteiger partial charge in [-0.15, -0.1) is 11.3 Å². The first kappa shape index (κ1) is 17.9. The van der Waals surface area contributed by atoms with Gasteiger partial charge in [-0.3, -0.25) is 0 Å². The maximum atomic E-state index is 13.8. The smallest absolute Gasteiger partial charge is 0.347 e. The summed E-state index contributed by atoms with van der Waals surface area (Å²) in [4.78, 5) is 15.8. The fourth-order valence-electron chi connectivity index (χ4n) is 2.41. The van der Waals surface area contributed by atoms with Crippen LogP contribution in [-0.2, 0) is 6.61 Å². The minimum Gasteiger partial charge on any atom is -0.497 e. The number of methoxy groups -OCH3 is 1. The molecule has 2 aromatic carbocycles. The van der Waals surface area contributed by atoms with Gasteiger partial charge in [0.2, 0.25) is 0 Å². The lowest BCUT2D eigenvalue weighted by Gasteiger charge is -2.12. The first-order valence-corrected chi connectivity index (χ1v) is 8.56. The van der Waals surface area contributed by atoms with Gasteiger partial charge in [0.05, 0.1) is 18.4 Å². The van der Waals surface area contributed by atoms with E-state index in [0.717, 1.165) is 11.3 Å². The van der Waals surface area contributed by atoms with Crippen LogP contribution in [0, 0.1) is 12.7 Å².